The molecule has 0 radical (unpaired) electrons. The quantitative estimate of drug-likeness (QED) is 0.460. The van der Waals surface area contributed by atoms with Gasteiger partial charge in [-0.1, -0.05) is 38.8 Å². The van der Waals surface area contributed by atoms with Gasteiger partial charge in [0.15, 0.2) is 0 Å². The molecule has 0 atom stereocenters. The van der Waals surface area contributed by atoms with Gasteiger partial charge >= 0.3 is 0 Å². The molecule has 0 aromatic carbocycles. The highest BCUT2D eigenvalue weighted by Crippen LogP contribution is 2.32. The third-order valence-corrected chi connectivity index (χ3v) is 3.49. The van der Waals surface area contributed by atoms with Crippen LogP contribution >= 0.6 is 0 Å². The van der Waals surface area contributed by atoms with Crippen molar-refractivity contribution in [2.75, 3.05) is 13.2 Å². The Morgan fingerprint density at radius 3 is 1.50 bits per heavy atom. The first kappa shape index (κ1) is 13.1. The van der Waals surface area contributed by atoms with Crippen molar-refractivity contribution in [2.24, 2.45) is 11.8 Å². The lowest BCUT2D eigenvalue weighted by molar-refractivity contribution is 0.164. The molecule has 0 unspecified atom stereocenters. The second kappa shape index (κ2) is 8.26. The number of ether oxygens (including phenoxy) is 2. The van der Waals surface area contributed by atoms with E-state index in [1.165, 1.54) is 51.0 Å². The average Bonchev–Trinajstić information content (AvgIpc) is 2.32. The topological polar surface area (TPSA) is 18.5 Å². The zero-order valence-corrected chi connectivity index (χ0v) is 10.2. The minimum Gasteiger partial charge on any atom is -0.502 e. The van der Waals surface area contributed by atoms with Crippen LogP contribution in [0.2, 0.25) is 0 Å². The second-order valence-corrected chi connectivity index (χ2v) is 4.54. The molecule has 1 rings (SSSR count). The Labute approximate surface area is 99.3 Å². The van der Waals surface area contributed by atoms with Gasteiger partial charge in [-0.15, -0.1) is 0 Å². The average molecular weight is 224 g/mol. The maximum Gasteiger partial charge on any atom is 0.0875 e. The van der Waals surface area contributed by atoms with Crippen LogP contribution in [0.3, 0.4) is 0 Å². The summed E-state index contributed by atoms with van der Waals surface area (Å²) in [6.07, 6.45) is 10.8. The Bertz CT molecular complexity index is 171. The summed E-state index contributed by atoms with van der Waals surface area (Å²) in [6.45, 7) is 8.77. The first-order valence-corrected chi connectivity index (χ1v) is 6.31. The molecule has 0 heterocycles. The molecule has 0 saturated heterocycles. The van der Waals surface area contributed by atoms with Gasteiger partial charge in [-0.25, -0.2) is 0 Å². The van der Waals surface area contributed by atoms with Crippen LogP contribution in [0.25, 0.3) is 0 Å². The standard InChI is InChI=1S/C14H24O2/c1-3-15-11-9-13-5-7-14(8-6-13)10-12-16-4-2/h3-4,13-14H,1-2,5-12H2. The first-order chi connectivity index (χ1) is 7.86. The predicted molar refractivity (Wildman–Crippen MR) is 67.0 cm³/mol. The van der Waals surface area contributed by atoms with Gasteiger partial charge in [-0.05, 0) is 24.7 Å². The van der Waals surface area contributed by atoms with Gasteiger partial charge in [-0.2, -0.15) is 0 Å². The van der Waals surface area contributed by atoms with E-state index in [2.05, 4.69) is 13.2 Å². The zero-order chi connectivity index (χ0) is 11.6. The van der Waals surface area contributed by atoms with Crippen LogP contribution in [0.1, 0.15) is 38.5 Å². The molecule has 0 spiro atoms. The van der Waals surface area contributed by atoms with Gasteiger partial charge in [0.05, 0.1) is 25.7 Å². The van der Waals surface area contributed by atoms with E-state index >= 15 is 0 Å². The molecular formula is C14H24O2. The lowest BCUT2D eigenvalue weighted by atomic mass is 9.79. The van der Waals surface area contributed by atoms with Crippen LogP contribution in [0.5, 0.6) is 0 Å². The lowest BCUT2D eigenvalue weighted by Gasteiger charge is -2.28. The summed E-state index contributed by atoms with van der Waals surface area (Å²) < 4.78 is 10.4. The van der Waals surface area contributed by atoms with Crippen molar-refractivity contribution < 1.29 is 9.47 Å². The van der Waals surface area contributed by atoms with E-state index in [4.69, 9.17) is 9.47 Å². The summed E-state index contributed by atoms with van der Waals surface area (Å²) in [5.74, 6) is 1.72. The normalized spacial score (nSPS) is 24.8. The molecule has 0 bridgehead atoms. The molecule has 0 N–H and O–H groups in total. The number of hydrogen-bond acceptors (Lipinski definition) is 2. The fraction of sp³-hybridized carbons (Fsp3) is 0.714. The molecule has 0 aromatic heterocycles. The van der Waals surface area contributed by atoms with Crippen molar-refractivity contribution >= 4 is 0 Å². The van der Waals surface area contributed by atoms with E-state index in [1.54, 1.807) is 0 Å². The molecule has 0 amide bonds. The van der Waals surface area contributed by atoms with Crippen molar-refractivity contribution in [3.63, 3.8) is 0 Å². The van der Waals surface area contributed by atoms with Crippen LogP contribution in [-0.2, 0) is 9.47 Å². The molecule has 1 saturated carbocycles. The lowest BCUT2D eigenvalue weighted by Crippen LogP contribution is -2.16. The Balaban J connectivity index is 2.04. The summed E-state index contributed by atoms with van der Waals surface area (Å²) in [6, 6.07) is 0. The highest BCUT2D eigenvalue weighted by atomic mass is 16.5. The fourth-order valence-electron chi connectivity index (χ4n) is 2.44. The molecular weight excluding hydrogens is 200 g/mol. The van der Waals surface area contributed by atoms with Crippen molar-refractivity contribution in [3.8, 4) is 0 Å². The molecule has 92 valence electrons. The van der Waals surface area contributed by atoms with E-state index in [-0.39, 0.29) is 0 Å². The molecule has 16 heavy (non-hydrogen) atoms. The highest BCUT2D eigenvalue weighted by molar-refractivity contribution is 4.73. The van der Waals surface area contributed by atoms with E-state index in [1.807, 2.05) is 0 Å². The van der Waals surface area contributed by atoms with E-state index < -0.39 is 0 Å². The zero-order valence-electron chi connectivity index (χ0n) is 10.2. The third kappa shape index (κ3) is 5.24. The maximum atomic E-state index is 5.18. The van der Waals surface area contributed by atoms with Crippen molar-refractivity contribution in [3.05, 3.63) is 25.7 Å². The van der Waals surface area contributed by atoms with E-state index in [0.717, 1.165) is 25.0 Å². The largest absolute Gasteiger partial charge is 0.502 e. The van der Waals surface area contributed by atoms with Crippen LogP contribution in [-0.4, -0.2) is 13.2 Å². The van der Waals surface area contributed by atoms with Crippen LogP contribution < -0.4 is 0 Å². The Morgan fingerprint density at radius 1 is 0.812 bits per heavy atom. The monoisotopic (exact) mass is 224 g/mol. The molecule has 0 aliphatic heterocycles. The summed E-state index contributed by atoms with van der Waals surface area (Å²) in [7, 11) is 0. The smallest absolute Gasteiger partial charge is 0.0875 e. The van der Waals surface area contributed by atoms with Crippen LogP contribution in [0, 0.1) is 11.8 Å². The Morgan fingerprint density at radius 2 is 1.19 bits per heavy atom. The third-order valence-electron chi connectivity index (χ3n) is 3.49. The van der Waals surface area contributed by atoms with E-state index in [0.29, 0.717) is 0 Å². The van der Waals surface area contributed by atoms with Crippen molar-refractivity contribution in [1.29, 1.82) is 0 Å². The molecule has 2 nitrogen and oxygen atoms in total. The van der Waals surface area contributed by atoms with Gasteiger partial charge < -0.3 is 9.47 Å². The van der Waals surface area contributed by atoms with Crippen molar-refractivity contribution in [2.45, 2.75) is 38.5 Å². The van der Waals surface area contributed by atoms with Gasteiger partial charge in [0, 0.05) is 0 Å². The van der Waals surface area contributed by atoms with E-state index in [9.17, 15) is 0 Å². The maximum absolute atomic E-state index is 5.18. The summed E-state index contributed by atoms with van der Waals surface area (Å²) in [5.41, 5.74) is 0. The summed E-state index contributed by atoms with van der Waals surface area (Å²) in [4.78, 5) is 0. The number of hydrogen-bond donors (Lipinski definition) is 0. The van der Waals surface area contributed by atoms with Crippen LogP contribution in [0.4, 0.5) is 0 Å². The minimum atomic E-state index is 0.832. The predicted octanol–water partition coefficient (Wildman–Crippen LogP) is 3.89. The van der Waals surface area contributed by atoms with Crippen molar-refractivity contribution in [1.82, 2.24) is 0 Å². The van der Waals surface area contributed by atoms with Crippen LogP contribution in [0.15, 0.2) is 25.7 Å². The molecule has 1 aliphatic rings. The van der Waals surface area contributed by atoms with Gasteiger partial charge in [0.1, 0.15) is 0 Å². The van der Waals surface area contributed by atoms with Gasteiger partial charge in [-0.3, -0.25) is 0 Å². The van der Waals surface area contributed by atoms with Gasteiger partial charge in [0.2, 0.25) is 0 Å². The second-order valence-electron chi connectivity index (χ2n) is 4.54. The molecule has 2 heteroatoms. The number of rotatable bonds is 8. The molecule has 1 fully saturated rings. The highest BCUT2D eigenvalue weighted by Gasteiger charge is 2.20. The minimum absolute atomic E-state index is 0.832. The summed E-state index contributed by atoms with van der Waals surface area (Å²) in [5, 5.41) is 0. The summed E-state index contributed by atoms with van der Waals surface area (Å²) >= 11 is 0. The molecule has 0 aromatic rings. The SMILES string of the molecule is C=COCCC1CCC(CCOC=C)CC1. The first-order valence-electron chi connectivity index (χ1n) is 6.31. The fourth-order valence-corrected chi connectivity index (χ4v) is 2.44. The Hall–Kier alpha value is -0.920. The van der Waals surface area contributed by atoms with Gasteiger partial charge in [0.25, 0.3) is 0 Å². The molecule has 1 aliphatic carbocycles. The Kier molecular flexibility index (Phi) is 6.78.